The molecule has 259 valence electrons. The SMILES string of the molecule is N[C@H]([C]=O)CCCCNC(=O)COCCOCCNC(=O)CCC(NC(=O)CCCCCCCCCCCCC(=O)O)C(=O)O. The predicted octanol–water partition coefficient (Wildman–Crippen LogP) is 1.97. The van der Waals surface area contributed by atoms with Gasteiger partial charge in [-0.2, -0.15) is 0 Å². The average molecular weight is 644 g/mol. The lowest BCUT2D eigenvalue weighted by atomic mass is 10.0. The first-order chi connectivity index (χ1) is 21.6. The number of unbranched alkanes of at least 4 members (excludes halogenated alkanes) is 10. The van der Waals surface area contributed by atoms with Crippen LogP contribution in [-0.4, -0.2) is 97.8 Å². The monoisotopic (exact) mass is 643 g/mol. The first kappa shape index (κ1) is 41.9. The highest BCUT2D eigenvalue weighted by Gasteiger charge is 2.20. The number of nitrogens with one attached hydrogen (secondary N) is 3. The van der Waals surface area contributed by atoms with Crippen LogP contribution >= 0.6 is 0 Å². The second-order valence-electron chi connectivity index (χ2n) is 11.0. The highest BCUT2D eigenvalue weighted by atomic mass is 16.5. The van der Waals surface area contributed by atoms with Crippen LogP contribution in [0.2, 0.25) is 0 Å². The number of hydrogen-bond donors (Lipinski definition) is 6. The Morgan fingerprint density at radius 2 is 1.20 bits per heavy atom. The van der Waals surface area contributed by atoms with E-state index in [9.17, 15) is 33.9 Å². The minimum absolute atomic E-state index is 0.0230. The third kappa shape index (κ3) is 29.4. The lowest BCUT2D eigenvalue weighted by molar-refractivity contribution is -0.142. The highest BCUT2D eigenvalue weighted by molar-refractivity contribution is 5.84. The first-order valence-corrected chi connectivity index (χ1v) is 16.2. The Labute approximate surface area is 266 Å². The number of carboxylic acids is 2. The van der Waals surface area contributed by atoms with Crippen molar-refractivity contribution in [2.45, 2.75) is 121 Å². The third-order valence-corrected chi connectivity index (χ3v) is 6.93. The van der Waals surface area contributed by atoms with E-state index in [1.165, 1.54) is 0 Å². The van der Waals surface area contributed by atoms with Gasteiger partial charge in [0, 0.05) is 32.4 Å². The van der Waals surface area contributed by atoms with Gasteiger partial charge in [0.15, 0.2) is 0 Å². The number of amides is 3. The summed E-state index contributed by atoms with van der Waals surface area (Å²) in [6, 6.07) is -1.72. The second-order valence-corrected chi connectivity index (χ2v) is 11.0. The normalized spacial score (nSPS) is 12.2. The summed E-state index contributed by atoms with van der Waals surface area (Å²) < 4.78 is 10.6. The fourth-order valence-corrected chi connectivity index (χ4v) is 4.34. The van der Waals surface area contributed by atoms with Gasteiger partial charge >= 0.3 is 11.9 Å². The van der Waals surface area contributed by atoms with Gasteiger partial charge in [-0.05, 0) is 38.5 Å². The molecule has 0 aliphatic carbocycles. The molecule has 14 heteroatoms. The first-order valence-electron chi connectivity index (χ1n) is 16.2. The zero-order valence-corrected chi connectivity index (χ0v) is 26.7. The van der Waals surface area contributed by atoms with Crippen LogP contribution < -0.4 is 21.7 Å². The van der Waals surface area contributed by atoms with Crippen LogP contribution in [0.3, 0.4) is 0 Å². The molecule has 0 aliphatic heterocycles. The zero-order valence-electron chi connectivity index (χ0n) is 26.7. The zero-order chi connectivity index (χ0) is 33.5. The Morgan fingerprint density at radius 1 is 0.622 bits per heavy atom. The minimum atomic E-state index is -1.19. The summed E-state index contributed by atoms with van der Waals surface area (Å²) >= 11 is 0. The largest absolute Gasteiger partial charge is 0.481 e. The van der Waals surface area contributed by atoms with E-state index in [4.69, 9.17) is 20.3 Å². The number of ether oxygens (including phenoxy) is 2. The van der Waals surface area contributed by atoms with Crippen LogP contribution in [0.1, 0.15) is 109 Å². The molecular weight excluding hydrogens is 588 g/mol. The van der Waals surface area contributed by atoms with Crippen molar-refractivity contribution in [3.05, 3.63) is 0 Å². The molecule has 1 radical (unpaired) electrons. The maximum Gasteiger partial charge on any atom is 0.326 e. The van der Waals surface area contributed by atoms with Crippen molar-refractivity contribution in [1.82, 2.24) is 16.0 Å². The van der Waals surface area contributed by atoms with Crippen molar-refractivity contribution >= 4 is 35.9 Å². The predicted molar refractivity (Wildman–Crippen MR) is 167 cm³/mol. The van der Waals surface area contributed by atoms with Crippen molar-refractivity contribution < 1.29 is 48.5 Å². The second kappa shape index (κ2) is 29.6. The molecule has 0 heterocycles. The molecule has 0 aliphatic rings. The van der Waals surface area contributed by atoms with Crippen molar-refractivity contribution in [2.24, 2.45) is 5.73 Å². The van der Waals surface area contributed by atoms with Gasteiger partial charge in [0.05, 0.1) is 25.9 Å². The van der Waals surface area contributed by atoms with Gasteiger partial charge in [0.2, 0.25) is 24.0 Å². The number of carboxylic acid groups (broad SMARTS) is 2. The number of carbonyl (C=O) groups is 5. The average Bonchev–Trinajstić information content (AvgIpc) is 3.00. The molecule has 2 atom stereocenters. The molecule has 0 fully saturated rings. The summed E-state index contributed by atoms with van der Waals surface area (Å²) in [5.74, 6) is -2.88. The Morgan fingerprint density at radius 3 is 1.80 bits per heavy atom. The molecule has 7 N–H and O–H groups in total. The Hall–Kier alpha value is -3.10. The fourth-order valence-electron chi connectivity index (χ4n) is 4.34. The summed E-state index contributed by atoms with van der Waals surface area (Å²) in [6.45, 7) is 1.23. The Balaban J connectivity index is 3.73. The number of hydrogen-bond acceptors (Lipinski definition) is 9. The summed E-state index contributed by atoms with van der Waals surface area (Å²) in [6.07, 6.45) is 13.7. The smallest absolute Gasteiger partial charge is 0.326 e. The molecule has 0 aromatic rings. The van der Waals surface area contributed by atoms with E-state index < -0.39 is 24.0 Å². The molecule has 3 amide bonds. The van der Waals surface area contributed by atoms with Crippen molar-refractivity contribution in [3.8, 4) is 0 Å². The van der Waals surface area contributed by atoms with Gasteiger partial charge in [-0.15, -0.1) is 0 Å². The molecule has 14 nitrogen and oxygen atoms in total. The molecule has 1 unspecified atom stereocenters. The number of rotatable bonds is 32. The highest BCUT2D eigenvalue weighted by Crippen LogP contribution is 2.12. The van der Waals surface area contributed by atoms with E-state index in [1.807, 2.05) is 0 Å². The third-order valence-electron chi connectivity index (χ3n) is 6.93. The van der Waals surface area contributed by atoms with E-state index in [0.29, 0.717) is 32.2 Å². The lowest BCUT2D eigenvalue weighted by Gasteiger charge is -2.14. The van der Waals surface area contributed by atoms with E-state index in [2.05, 4.69) is 16.0 Å². The van der Waals surface area contributed by atoms with Crippen molar-refractivity contribution in [1.29, 1.82) is 0 Å². The minimum Gasteiger partial charge on any atom is -0.481 e. The van der Waals surface area contributed by atoms with Gasteiger partial charge in [-0.3, -0.25) is 24.0 Å². The van der Waals surface area contributed by atoms with Gasteiger partial charge in [0.25, 0.3) is 0 Å². The molecule has 0 aromatic carbocycles. The van der Waals surface area contributed by atoms with E-state index in [1.54, 1.807) is 6.29 Å². The molecular formula is C31H55N4O10. The summed E-state index contributed by atoms with van der Waals surface area (Å²) in [4.78, 5) is 68.2. The van der Waals surface area contributed by atoms with Crippen LogP contribution in [0.5, 0.6) is 0 Å². The molecule has 0 spiro atoms. The van der Waals surface area contributed by atoms with Crippen molar-refractivity contribution in [2.75, 3.05) is 39.5 Å². The van der Waals surface area contributed by atoms with Crippen LogP contribution in [0, 0.1) is 0 Å². The molecule has 0 aromatic heterocycles. The van der Waals surface area contributed by atoms with Crippen LogP contribution in [-0.2, 0) is 38.2 Å². The number of nitrogens with two attached hydrogens (primary N) is 1. The summed E-state index contributed by atoms with van der Waals surface area (Å²) in [5, 5.41) is 25.9. The molecule has 0 rings (SSSR count). The van der Waals surface area contributed by atoms with E-state index in [-0.39, 0.29) is 76.4 Å². The summed E-state index contributed by atoms with van der Waals surface area (Å²) in [7, 11) is 0. The molecule has 0 saturated heterocycles. The molecule has 45 heavy (non-hydrogen) atoms. The van der Waals surface area contributed by atoms with Gasteiger partial charge < -0.3 is 41.4 Å². The van der Waals surface area contributed by atoms with Gasteiger partial charge in [-0.1, -0.05) is 51.4 Å². The van der Waals surface area contributed by atoms with Crippen LogP contribution in [0.25, 0.3) is 0 Å². The number of aliphatic carboxylic acids is 2. The topological polar surface area (TPSA) is 223 Å². The van der Waals surface area contributed by atoms with Gasteiger partial charge in [-0.25, -0.2) is 4.79 Å². The maximum atomic E-state index is 12.2. The van der Waals surface area contributed by atoms with Crippen LogP contribution in [0.4, 0.5) is 0 Å². The Bertz CT molecular complexity index is 843. The molecule has 0 bridgehead atoms. The van der Waals surface area contributed by atoms with E-state index >= 15 is 0 Å². The Kier molecular flexibility index (Phi) is 27.6. The summed E-state index contributed by atoms with van der Waals surface area (Å²) in [5.41, 5.74) is 5.44. The number of carbonyl (C=O) groups excluding carboxylic acids is 4. The van der Waals surface area contributed by atoms with Crippen LogP contribution in [0.15, 0.2) is 0 Å². The molecule has 0 saturated carbocycles. The van der Waals surface area contributed by atoms with E-state index in [0.717, 1.165) is 57.8 Å². The standard InChI is InChI=1S/C31H55N4O10/c32-25(23-36)13-11-12-18-33-29(39)24-45-22-21-44-20-19-34-27(37)17-16-26(31(42)43)35-28(38)14-9-7-5-3-1-2-4-6-8-10-15-30(40)41/h25-26H,1-22,24,32H2,(H,33,39)(H,34,37)(H,35,38)(H,40,41)(H,42,43)/t25-,26?/m0/s1. The maximum absolute atomic E-state index is 12.2. The van der Waals surface area contributed by atoms with Crippen molar-refractivity contribution in [3.63, 3.8) is 0 Å². The fraction of sp³-hybridized carbons (Fsp3) is 0.806. The quantitative estimate of drug-likeness (QED) is 0.0581. The lowest BCUT2D eigenvalue weighted by Crippen LogP contribution is -2.41. The van der Waals surface area contributed by atoms with Gasteiger partial charge in [0.1, 0.15) is 12.6 Å².